The number of hydrogen-bond donors (Lipinski definition) is 3. The van der Waals surface area contributed by atoms with Gasteiger partial charge in [-0.15, -0.1) is 0 Å². The molecule has 0 aliphatic carbocycles. The van der Waals surface area contributed by atoms with Crippen molar-refractivity contribution in [1.29, 1.82) is 0 Å². The van der Waals surface area contributed by atoms with Gasteiger partial charge in [0.25, 0.3) is 0 Å². The third-order valence-corrected chi connectivity index (χ3v) is 2.89. The molecule has 0 saturated heterocycles. The van der Waals surface area contributed by atoms with Crippen LogP contribution >= 0.6 is 0 Å². The maximum Gasteiger partial charge on any atom is 0.326 e. The number of carboxylic acid groups (broad SMARTS) is 1. The van der Waals surface area contributed by atoms with E-state index in [4.69, 9.17) is 5.11 Å². The van der Waals surface area contributed by atoms with Crippen molar-refractivity contribution >= 4 is 11.9 Å². The number of nitrogens with zero attached hydrogens (tertiary/aromatic N) is 1. The van der Waals surface area contributed by atoms with Gasteiger partial charge in [-0.2, -0.15) is 0 Å². The van der Waals surface area contributed by atoms with Gasteiger partial charge < -0.3 is 15.4 Å². The number of benzene rings is 1. The lowest BCUT2D eigenvalue weighted by Gasteiger charge is -2.13. The molecule has 1 atom stereocenters. The van der Waals surface area contributed by atoms with Gasteiger partial charge in [-0.3, -0.25) is 4.79 Å². The zero-order chi connectivity index (χ0) is 15.2. The number of imidazole rings is 1. The van der Waals surface area contributed by atoms with Crippen molar-refractivity contribution in [3.05, 3.63) is 53.9 Å². The molecular weight excluding hydrogens is 277 g/mol. The van der Waals surface area contributed by atoms with Crippen molar-refractivity contribution in [1.82, 2.24) is 15.3 Å². The first kappa shape index (κ1) is 14.7. The number of carbonyl (C=O) groups excluding carboxylic acids is 1. The molecule has 0 fully saturated rings. The molecule has 3 N–H and O–H groups in total. The molecule has 0 bridgehead atoms. The van der Waals surface area contributed by atoms with E-state index in [1.165, 1.54) is 36.8 Å². The Labute approximate surface area is 120 Å². The number of hydrogen-bond acceptors (Lipinski definition) is 3. The molecule has 2 aromatic rings. The molecule has 7 heteroatoms. The SMILES string of the molecule is O=C(Cc1ccc(F)cc1)NC(Cc1cnc[nH]1)C(=O)O. The summed E-state index contributed by atoms with van der Waals surface area (Å²) in [5.74, 6) is -1.95. The lowest BCUT2D eigenvalue weighted by Crippen LogP contribution is -2.43. The fourth-order valence-corrected chi connectivity index (χ4v) is 1.85. The van der Waals surface area contributed by atoms with E-state index < -0.39 is 17.9 Å². The quantitative estimate of drug-likeness (QED) is 0.737. The highest BCUT2D eigenvalue weighted by Gasteiger charge is 2.21. The zero-order valence-corrected chi connectivity index (χ0v) is 11.0. The first-order valence-corrected chi connectivity index (χ1v) is 6.28. The number of H-pyrrole nitrogens is 1. The lowest BCUT2D eigenvalue weighted by molar-refractivity contribution is -0.141. The van der Waals surface area contributed by atoms with Crippen LogP contribution < -0.4 is 5.32 Å². The van der Waals surface area contributed by atoms with Crippen LogP contribution in [0.25, 0.3) is 0 Å². The third kappa shape index (κ3) is 4.41. The van der Waals surface area contributed by atoms with Crippen molar-refractivity contribution < 1.29 is 19.1 Å². The summed E-state index contributed by atoms with van der Waals surface area (Å²) in [5, 5.41) is 11.6. The molecule has 1 amide bonds. The second kappa shape index (κ2) is 6.65. The van der Waals surface area contributed by atoms with Crippen molar-refractivity contribution in [2.45, 2.75) is 18.9 Å². The number of nitrogens with one attached hydrogen (secondary N) is 2. The van der Waals surface area contributed by atoms with Gasteiger partial charge >= 0.3 is 5.97 Å². The van der Waals surface area contributed by atoms with Crippen LogP contribution in [-0.4, -0.2) is 33.0 Å². The number of rotatable bonds is 6. The van der Waals surface area contributed by atoms with Crippen LogP contribution in [0.15, 0.2) is 36.8 Å². The van der Waals surface area contributed by atoms with Gasteiger partial charge in [0.05, 0.1) is 12.7 Å². The predicted octanol–water partition coefficient (Wildman–Crippen LogP) is 0.903. The molecule has 0 aliphatic rings. The first-order valence-electron chi connectivity index (χ1n) is 6.28. The minimum atomic E-state index is -1.13. The average molecular weight is 291 g/mol. The smallest absolute Gasteiger partial charge is 0.326 e. The van der Waals surface area contributed by atoms with Crippen molar-refractivity contribution in [2.24, 2.45) is 0 Å². The molecular formula is C14H14FN3O3. The molecule has 0 aliphatic heterocycles. The Morgan fingerprint density at radius 1 is 1.33 bits per heavy atom. The monoisotopic (exact) mass is 291 g/mol. The summed E-state index contributed by atoms with van der Waals surface area (Å²) in [5.41, 5.74) is 1.23. The number of halogens is 1. The van der Waals surface area contributed by atoms with Crippen LogP contribution in [0.5, 0.6) is 0 Å². The Balaban J connectivity index is 1.95. The summed E-state index contributed by atoms with van der Waals surface area (Å²) in [4.78, 5) is 29.6. The number of carbonyl (C=O) groups is 2. The fraction of sp³-hybridized carbons (Fsp3) is 0.214. The molecule has 110 valence electrons. The summed E-state index contributed by atoms with van der Waals surface area (Å²) in [6.07, 6.45) is 3.05. The van der Waals surface area contributed by atoms with Gasteiger partial charge in [-0.05, 0) is 17.7 Å². The molecule has 1 aromatic heterocycles. The largest absolute Gasteiger partial charge is 0.480 e. The summed E-state index contributed by atoms with van der Waals surface area (Å²) in [7, 11) is 0. The second-order valence-corrected chi connectivity index (χ2v) is 4.54. The highest BCUT2D eigenvalue weighted by atomic mass is 19.1. The molecule has 0 spiro atoms. The van der Waals surface area contributed by atoms with Crippen LogP contribution in [0.2, 0.25) is 0 Å². The van der Waals surface area contributed by atoms with E-state index >= 15 is 0 Å². The second-order valence-electron chi connectivity index (χ2n) is 4.54. The maximum absolute atomic E-state index is 12.8. The summed E-state index contributed by atoms with van der Waals surface area (Å²) < 4.78 is 12.8. The Morgan fingerprint density at radius 2 is 2.05 bits per heavy atom. The Hall–Kier alpha value is -2.70. The standard InChI is InChI=1S/C14H14FN3O3/c15-10-3-1-9(2-4-10)5-13(19)18-12(14(20)21)6-11-7-16-8-17-11/h1-4,7-8,12H,5-6H2,(H,16,17)(H,18,19)(H,20,21). The number of aromatic nitrogens is 2. The summed E-state index contributed by atoms with van der Waals surface area (Å²) in [6, 6.07) is 4.43. The average Bonchev–Trinajstić information content (AvgIpc) is 2.93. The number of aliphatic carboxylic acids is 1. The molecule has 21 heavy (non-hydrogen) atoms. The number of amides is 1. The molecule has 1 heterocycles. The van der Waals surface area contributed by atoms with Crippen LogP contribution in [-0.2, 0) is 22.4 Å². The molecule has 2 rings (SSSR count). The van der Waals surface area contributed by atoms with E-state index in [1.807, 2.05) is 0 Å². The fourth-order valence-electron chi connectivity index (χ4n) is 1.85. The van der Waals surface area contributed by atoms with Crippen LogP contribution in [0.1, 0.15) is 11.3 Å². The Morgan fingerprint density at radius 3 is 2.62 bits per heavy atom. The molecule has 0 radical (unpaired) electrons. The molecule has 1 aromatic carbocycles. The zero-order valence-electron chi connectivity index (χ0n) is 11.0. The lowest BCUT2D eigenvalue weighted by atomic mass is 10.1. The van der Waals surface area contributed by atoms with Crippen molar-refractivity contribution in [3.63, 3.8) is 0 Å². The van der Waals surface area contributed by atoms with Gasteiger partial charge in [0.2, 0.25) is 5.91 Å². The van der Waals surface area contributed by atoms with Gasteiger partial charge in [-0.1, -0.05) is 12.1 Å². The normalized spacial score (nSPS) is 11.9. The molecule has 6 nitrogen and oxygen atoms in total. The van der Waals surface area contributed by atoms with E-state index in [-0.39, 0.29) is 18.7 Å². The van der Waals surface area contributed by atoms with Crippen LogP contribution in [0, 0.1) is 5.82 Å². The summed E-state index contributed by atoms with van der Waals surface area (Å²) in [6.45, 7) is 0. The maximum atomic E-state index is 12.8. The van der Waals surface area contributed by atoms with Crippen LogP contribution in [0.4, 0.5) is 4.39 Å². The minimum absolute atomic E-state index is 0.00691. The Bertz CT molecular complexity index is 611. The highest BCUT2D eigenvalue weighted by molar-refractivity contribution is 5.85. The number of aromatic amines is 1. The number of carboxylic acids is 1. The van der Waals surface area contributed by atoms with Crippen molar-refractivity contribution in [2.75, 3.05) is 0 Å². The van der Waals surface area contributed by atoms with Crippen LogP contribution in [0.3, 0.4) is 0 Å². The predicted molar refractivity (Wildman–Crippen MR) is 72.0 cm³/mol. The topological polar surface area (TPSA) is 95.1 Å². The van der Waals surface area contributed by atoms with E-state index in [2.05, 4.69) is 15.3 Å². The van der Waals surface area contributed by atoms with Gasteiger partial charge in [-0.25, -0.2) is 14.2 Å². The van der Waals surface area contributed by atoms with E-state index in [0.29, 0.717) is 11.3 Å². The van der Waals surface area contributed by atoms with E-state index in [1.54, 1.807) is 0 Å². The van der Waals surface area contributed by atoms with Gasteiger partial charge in [0.15, 0.2) is 0 Å². The minimum Gasteiger partial charge on any atom is -0.480 e. The summed E-state index contributed by atoms with van der Waals surface area (Å²) >= 11 is 0. The Kier molecular flexibility index (Phi) is 4.65. The van der Waals surface area contributed by atoms with Crippen molar-refractivity contribution in [3.8, 4) is 0 Å². The highest BCUT2D eigenvalue weighted by Crippen LogP contribution is 2.04. The van der Waals surface area contributed by atoms with E-state index in [9.17, 15) is 14.0 Å². The van der Waals surface area contributed by atoms with Gasteiger partial charge in [0.1, 0.15) is 11.9 Å². The van der Waals surface area contributed by atoms with E-state index in [0.717, 1.165) is 0 Å². The van der Waals surface area contributed by atoms with Gasteiger partial charge in [0, 0.05) is 18.3 Å². The molecule has 1 unspecified atom stereocenters. The first-order chi connectivity index (χ1) is 10.0. The molecule has 0 saturated carbocycles. The third-order valence-electron chi connectivity index (χ3n) is 2.89.